The van der Waals surface area contributed by atoms with Crippen molar-refractivity contribution in [1.82, 2.24) is 5.32 Å². The van der Waals surface area contributed by atoms with Gasteiger partial charge in [-0.2, -0.15) is 0 Å². The van der Waals surface area contributed by atoms with Gasteiger partial charge in [-0.05, 0) is 19.1 Å². The molecule has 0 bridgehead atoms. The van der Waals surface area contributed by atoms with Crippen LogP contribution in [-0.4, -0.2) is 38.1 Å². The molecule has 0 radical (unpaired) electrons. The smallest absolute Gasteiger partial charge is 0.241 e. The summed E-state index contributed by atoms with van der Waals surface area (Å²) in [5.41, 5.74) is 1.94. The van der Waals surface area contributed by atoms with Crippen LogP contribution in [0.3, 0.4) is 0 Å². The van der Waals surface area contributed by atoms with Gasteiger partial charge in [0.15, 0.2) is 0 Å². The summed E-state index contributed by atoms with van der Waals surface area (Å²) in [6.07, 6.45) is 0. The van der Waals surface area contributed by atoms with Crippen LogP contribution in [0.2, 0.25) is 5.02 Å². The minimum atomic E-state index is 0.130. The third-order valence-corrected chi connectivity index (χ3v) is 3.95. The molecular formula is C13H16ClN3O. The molecule has 1 unspecified atom stereocenters. The number of halogens is 1. The molecule has 3 rings (SSSR count). The van der Waals surface area contributed by atoms with Gasteiger partial charge in [0.2, 0.25) is 5.91 Å². The number of carbonyl (C=O) groups is 1. The van der Waals surface area contributed by atoms with Gasteiger partial charge in [-0.15, -0.1) is 0 Å². The van der Waals surface area contributed by atoms with Crippen LogP contribution in [-0.2, 0) is 4.79 Å². The van der Waals surface area contributed by atoms with Crippen molar-refractivity contribution in [1.29, 1.82) is 0 Å². The Morgan fingerprint density at radius 2 is 2.33 bits per heavy atom. The molecular weight excluding hydrogens is 250 g/mol. The highest BCUT2D eigenvalue weighted by atomic mass is 35.5. The molecule has 1 amide bonds. The molecule has 0 spiro atoms. The average Bonchev–Trinajstić information content (AvgIpc) is 2.38. The van der Waals surface area contributed by atoms with Gasteiger partial charge in [0, 0.05) is 19.6 Å². The Hall–Kier alpha value is -1.26. The second-order valence-electron chi connectivity index (χ2n) is 4.69. The predicted molar refractivity (Wildman–Crippen MR) is 73.5 cm³/mol. The van der Waals surface area contributed by atoms with E-state index in [1.54, 1.807) is 0 Å². The fourth-order valence-corrected chi connectivity index (χ4v) is 3.14. The maximum Gasteiger partial charge on any atom is 0.241 e. The SMILES string of the molecule is CCN1CC2CNCC(=O)N2c2cccc(Cl)c21. The molecule has 0 saturated carbocycles. The Balaban J connectivity index is 2.13. The van der Waals surface area contributed by atoms with Gasteiger partial charge in [0.25, 0.3) is 0 Å². The molecule has 1 fully saturated rings. The van der Waals surface area contributed by atoms with Crippen molar-refractivity contribution in [3.8, 4) is 0 Å². The minimum Gasteiger partial charge on any atom is -0.367 e. The van der Waals surface area contributed by atoms with Crippen LogP contribution in [0, 0.1) is 0 Å². The van der Waals surface area contributed by atoms with Gasteiger partial charge in [0.05, 0.1) is 29.0 Å². The van der Waals surface area contributed by atoms with Crippen molar-refractivity contribution in [2.24, 2.45) is 0 Å². The number of hydrogen-bond acceptors (Lipinski definition) is 3. The fraction of sp³-hybridized carbons (Fsp3) is 0.462. The molecule has 5 heteroatoms. The van der Waals surface area contributed by atoms with E-state index in [0.29, 0.717) is 6.54 Å². The van der Waals surface area contributed by atoms with Crippen LogP contribution < -0.4 is 15.1 Å². The zero-order valence-electron chi connectivity index (χ0n) is 10.3. The van der Waals surface area contributed by atoms with Crippen molar-refractivity contribution < 1.29 is 4.79 Å². The Kier molecular flexibility index (Phi) is 2.92. The van der Waals surface area contributed by atoms with Crippen LogP contribution >= 0.6 is 11.6 Å². The standard InChI is InChI=1S/C13H16ClN3O/c1-2-16-8-9-6-15-7-12(18)17(9)11-5-3-4-10(14)13(11)16/h3-5,9,15H,2,6-8H2,1H3. The summed E-state index contributed by atoms with van der Waals surface area (Å²) in [6, 6.07) is 5.99. The van der Waals surface area contributed by atoms with Crippen molar-refractivity contribution in [3.05, 3.63) is 23.2 Å². The number of likely N-dealkylation sites (N-methyl/N-ethyl adjacent to an activating group) is 1. The molecule has 18 heavy (non-hydrogen) atoms. The maximum atomic E-state index is 12.1. The van der Waals surface area contributed by atoms with E-state index in [1.807, 2.05) is 23.1 Å². The summed E-state index contributed by atoms with van der Waals surface area (Å²) in [4.78, 5) is 16.3. The molecule has 1 N–H and O–H groups in total. The minimum absolute atomic E-state index is 0.130. The summed E-state index contributed by atoms with van der Waals surface area (Å²) in [6.45, 7) is 5.10. The number of amides is 1. The molecule has 2 aliphatic rings. The molecule has 0 aromatic heterocycles. The molecule has 1 aromatic rings. The molecule has 1 atom stereocenters. The van der Waals surface area contributed by atoms with Crippen molar-refractivity contribution in [2.75, 3.05) is 36.0 Å². The molecule has 2 heterocycles. The zero-order valence-corrected chi connectivity index (χ0v) is 11.1. The lowest BCUT2D eigenvalue weighted by atomic mass is 10.0. The van der Waals surface area contributed by atoms with Crippen LogP contribution in [0.5, 0.6) is 0 Å². The van der Waals surface area contributed by atoms with Crippen molar-refractivity contribution in [3.63, 3.8) is 0 Å². The quantitative estimate of drug-likeness (QED) is 0.836. The topological polar surface area (TPSA) is 35.6 Å². The van der Waals surface area contributed by atoms with Crippen molar-refractivity contribution >= 4 is 28.9 Å². The van der Waals surface area contributed by atoms with E-state index in [9.17, 15) is 4.79 Å². The first kappa shape index (κ1) is 11.8. The number of rotatable bonds is 1. The molecule has 2 aliphatic heterocycles. The number of nitrogens with one attached hydrogen (secondary N) is 1. The van der Waals surface area contributed by atoms with E-state index in [0.717, 1.165) is 36.0 Å². The zero-order chi connectivity index (χ0) is 12.7. The number of para-hydroxylation sites is 1. The number of piperazine rings is 1. The van der Waals surface area contributed by atoms with Gasteiger partial charge in [0.1, 0.15) is 0 Å². The first-order chi connectivity index (χ1) is 8.72. The molecule has 1 aromatic carbocycles. The van der Waals surface area contributed by atoms with E-state index in [-0.39, 0.29) is 11.9 Å². The lowest BCUT2D eigenvalue weighted by Crippen LogP contribution is -2.61. The fourth-order valence-electron chi connectivity index (χ4n) is 2.85. The third kappa shape index (κ3) is 1.68. The molecule has 1 saturated heterocycles. The monoisotopic (exact) mass is 265 g/mol. The van der Waals surface area contributed by atoms with Gasteiger partial charge in [-0.1, -0.05) is 17.7 Å². The number of anilines is 2. The van der Waals surface area contributed by atoms with Gasteiger partial charge in [-0.3, -0.25) is 4.79 Å². The summed E-state index contributed by atoms with van der Waals surface area (Å²) in [7, 11) is 0. The summed E-state index contributed by atoms with van der Waals surface area (Å²) in [5, 5.41) is 3.89. The third-order valence-electron chi connectivity index (χ3n) is 3.64. The van der Waals surface area contributed by atoms with Gasteiger partial charge < -0.3 is 15.1 Å². The summed E-state index contributed by atoms with van der Waals surface area (Å²) < 4.78 is 0. The van der Waals surface area contributed by atoms with E-state index in [4.69, 9.17) is 11.6 Å². The summed E-state index contributed by atoms with van der Waals surface area (Å²) >= 11 is 6.30. The predicted octanol–water partition coefficient (Wildman–Crippen LogP) is 1.48. The number of nitrogens with zero attached hydrogens (tertiary/aromatic N) is 2. The highest BCUT2D eigenvalue weighted by Gasteiger charge is 2.37. The first-order valence-electron chi connectivity index (χ1n) is 6.28. The second-order valence-corrected chi connectivity index (χ2v) is 5.10. The molecule has 0 aliphatic carbocycles. The summed E-state index contributed by atoms with van der Waals surface area (Å²) in [5.74, 6) is 0.130. The van der Waals surface area contributed by atoms with E-state index in [2.05, 4.69) is 17.1 Å². The van der Waals surface area contributed by atoms with Crippen LogP contribution in [0.1, 0.15) is 6.92 Å². The first-order valence-corrected chi connectivity index (χ1v) is 6.66. The number of fused-ring (bicyclic) bond motifs is 3. The number of carbonyl (C=O) groups excluding carboxylic acids is 1. The Bertz CT molecular complexity index is 491. The lowest BCUT2D eigenvalue weighted by Gasteiger charge is -2.45. The van der Waals surface area contributed by atoms with Gasteiger partial charge >= 0.3 is 0 Å². The number of hydrogen-bond donors (Lipinski definition) is 1. The van der Waals surface area contributed by atoms with E-state index < -0.39 is 0 Å². The molecule has 4 nitrogen and oxygen atoms in total. The van der Waals surface area contributed by atoms with Crippen LogP contribution in [0.15, 0.2) is 18.2 Å². The van der Waals surface area contributed by atoms with E-state index in [1.165, 1.54) is 0 Å². The highest BCUT2D eigenvalue weighted by molar-refractivity contribution is 6.34. The maximum absolute atomic E-state index is 12.1. The average molecular weight is 266 g/mol. The number of benzene rings is 1. The Morgan fingerprint density at radius 3 is 3.11 bits per heavy atom. The highest BCUT2D eigenvalue weighted by Crippen LogP contribution is 2.41. The Labute approximate surface area is 112 Å². The van der Waals surface area contributed by atoms with E-state index >= 15 is 0 Å². The Morgan fingerprint density at radius 1 is 1.50 bits per heavy atom. The van der Waals surface area contributed by atoms with Crippen LogP contribution in [0.4, 0.5) is 11.4 Å². The lowest BCUT2D eigenvalue weighted by molar-refractivity contribution is -0.119. The van der Waals surface area contributed by atoms with Crippen molar-refractivity contribution in [2.45, 2.75) is 13.0 Å². The second kappa shape index (κ2) is 4.44. The van der Waals surface area contributed by atoms with Gasteiger partial charge in [-0.25, -0.2) is 0 Å². The largest absolute Gasteiger partial charge is 0.367 e. The molecule has 96 valence electrons. The normalized spacial score (nSPS) is 22.8. The van der Waals surface area contributed by atoms with Crippen LogP contribution in [0.25, 0.3) is 0 Å².